The standard InChI is InChI=1S/C30H34BrN7O6S.BrH/c1-30(2,3)44-28(39)33-17-12-13-18(14-17)37-25-21(36(5)29(37)40)15-32-26-22(25)23(31)24(20-16-35(4)34-27(20)43-6)38(26)45(41,42)19-10-8-7-9-11-19;/h7-11,15-18H,12-14H2,1-6H3,(H,33,39);1H/t17-,18-;/m1./s1. The van der Waals surface area contributed by atoms with Gasteiger partial charge in [-0.05, 0) is 68.1 Å². The molecule has 4 heterocycles. The molecule has 0 unspecified atom stereocenters. The van der Waals surface area contributed by atoms with Crippen LogP contribution in [0.15, 0.2) is 56.9 Å². The molecule has 0 saturated heterocycles. The SMILES string of the molecule is Br.COc1nn(C)cc1-c1c(Br)c2c(ncc3c2n([C@@H]2CC[C@@H](NC(=O)OC(C)(C)C)C2)c(=O)n3C)n1S(=O)(=O)c1ccccc1. The summed E-state index contributed by atoms with van der Waals surface area (Å²) in [5, 5.41) is 7.76. The van der Waals surface area contributed by atoms with E-state index < -0.39 is 21.7 Å². The summed E-state index contributed by atoms with van der Waals surface area (Å²) in [4.78, 5) is 31.1. The van der Waals surface area contributed by atoms with Gasteiger partial charge < -0.3 is 14.8 Å². The maximum atomic E-state index is 14.4. The molecule has 1 aliphatic rings. The molecule has 16 heteroatoms. The van der Waals surface area contributed by atoms with Crippen molar-refractivity contribution in [3.05, 3.63) is 57.7 Å². The number of rotatable bonds is 6. The van der Waals surface area contributed by atoms with Gasteiger partial charge in [0.25, 0.3) is 10.0 Å². The minimum Gasteiger partial charge on any atom is -0.479 e. The van der Waals surface area contributed by atoms with Gasteiger partial charge in [0, 0.05) is 32.4 Å². The Labute approximate surface area is 284 Å². The van der Waals surface area contributed by atoms with E-state index >= 15 is 0 Å². The van der Waals surface area contributed by atoms with Crippen molar-refractivity contribution in [1.29, 1.82) is 0 Å². The molecule has 0 spiro atoms. The molecule has 46 heavy (non-hydrogen) atoms. The highest BCUT2D eigenvalue weighted by Gasteiger charge is 2.36. The average Bonchev–Trinajstić information content (AvgIpc) is 3.72. The summed E-state index contributed by atoms with van der Waals surface area (Å²) in [7, 11) is 0.637. The van der Waals surface area contributed by atoms with Crippen LogP contribution in [0.1, 0.15) is 46.1 Å². The van der Waals surface area contributed by atoms with Gasteiger partial charge in [0.15, 0.2) is 5.65 Å². The van der Waals surface area contributed by atoms with Crippen LogP contribution in [0.2, 0.25) is 0 Å². The quantitative estimate of drug-likeness (QED) is 0.245. The van der Waals surface area contributed by atoms with Crippen molar-refractivity contribution in [3.8, 4) is 17.1 Å². The third-order valence-electron chi connectivity index (χ3n) is 7.95. The Morgan fingerprint density at radius 3 is 2.48 bits per heavy atom. The number of aromatic nitrogens is 6. The number of benzene rings is 1. The van der Waals surface area contributed by atoms with Gasteiger partial charge in [0.1, 0.15) is 5.60 Å². The topological polar surface area (TPSA) is 144 Å². The van der Waals surface area contributed by atoms with Gasteiger partial charge in [-0.15, -0.1) is 22.1 Å². The molecule has 13 nitrogen and oxygen atoms in total. The van der Waals surface area contributed by atoms with Gasteiger partial charge >= 0.3 is 11.8 Å². The number of nitrogens with one attached hydrogen (secondary N) is 1. The third-order valence-corrected chi connectivity index (χ3v) is 10.4. The van der Waals surface area contributed by atoms with Gasteiger partial charge in [-0.2, -0.15) is 0 Å². The van der Waals surface area contributed by atoms with Crippen LogP contribution in [-0.4, -0.2) is 61.1 Å². The van der Waals surface area contributed by atoms with Crippen molar-refractivity contribution in [2.45, 2.75) is 62.6 Å². The summed E-state index contributed by atoms with van der Waals surface area (Å²) in [6.07, 6.45) is 4.44. The summed E-state index contributed by atoms with van der Waals surface area (Å²) >= 11 is 3.73. The Hall–Kier alpha value is -3.63. The molecule has 1 aromatic carbocycles. The molecule has 2 atom stereocenters. The Morgan fingerprint density at radius 1 is 1.13 bits per heavy atom. The Bertz CT molecular complexity index is 2130. The first-order valence-corrected chi connectivity index (χ1v) is 16.6. The van der Waals surface area contributed by atoms with Gasteiger partial charge in [0.2, 0.25) is 5.88 Å². The number of ether oxygens (including phenoxy) is 2. The van der Waals surface area contributed by atoms with Gasteiger partial charge in [-0.1, -0.05) is 18.2 Å². The van der Waals surface area contributed by atoms with Crippen LogP contribution in [0.25, 0.3) is 33.3 Å². The van der Waals surface area contributed by atoms with Crippen LogP contribution in [0.3, 0.4) is 0 Å². The van der Waals surface area contributed by atoms with Crippen molar-refractivity contribution < 1.29 is 22.7 Å². The second-order valence-corrected chi connectivity index (χ2v) is 14.8. The molecule has 246 valence electrons. The smallest absolute Gasteiger partial charge is 0.407 e. The summed E-state index contributed by atoms with van der Waals surface area (Å²) in [6, 6.07) is 7.61. The molecular formula is C30H35Br2N7O6S. The molecule has 0 bridgehead atoms. The number of nitrogens with zero attached hydrogens (tertiary/aromatic N) is 6. The number of halogens is 2. The van der Waals surface area contributed by atoms with E-state index in [0.29, 0.717) is 45.7 Å². The molecule has 4 aromatic heterocycles. The van der Waals surface area contributed by atoms with Crippen molar-refractivity contribution in [3.63, 3.8) is 0 Å². The second kappa shape index (κ2) is 12.2. The number of hydrogen-bond acceptors (Lipinski definition) is 8. The molecule has 6 rings (SSSR count). The Morgan fingerprint density at radius 2 is 1.83 bits per heavy atom. The number of carbonyl (C=O) groups excluding carboxylic acids is 1. The molecule has 1 N–H and O–H groups in total. The summed E-state index contributed by atoms with van der Waals surface area (Å²) in [6.45, 7) is 5.41. The molecule has 1 fully saturated rings. The van der Waals surface area contributed by atoms with Gasteiger partial charge in [0.05, 0.1) is 50.4 Å². The van der Waals surface area contributed by atoms with Crippen LogP contribution in [0, 0.1) is 0 Å². The molecule has 1 aliphatic carbocycles. The molecule has 1 saturated carbocycles. The van der Waals surface area contributed by atoms with Crippen molar-refractivity contribution >= 4 is 71.1 Å². The fourth-order valence-electron chi connectivity index (χ4n) is 6.08. The number of hydrogen-bond donors (Lipinski definition) is 1. The van der Waals surface area contributed by atoms with Crippen LogP contribution in [-0.2, 0) is 28.9 Å². The van der Waals surface area contributed by atoms with E-state index in [0.717, 1.165) is 0 Å². The van der Waals surface area contributed by atoms with Crippen LogP contribution in [0.4, 0.5) is 4.79 Å². The minimum absolute atomic E-state index is 0. The third kappa shape index (κ3) is 5.64. The number of alkyl carbamates (subject to hydrolysis) is 1. The summed E-state index contributed by atoms with van der Waals surface area (Å²) in [5.74, 6) is 0.221. The zero-order valence-corrected chi connectivity index (χ0v) is 30.3. The largest absolute Gasteiger partial charge is 0.479 e. The zero-order valence-electron chi connectivity index (χ0n) is 26.1. The molecule has 0 aliphatic heterocycles. The monoisotopic (exact) mass is 779 g/mol. The first-order chi connectivity index (χ1) is 21.2. The van der Waals surface area contributed by atoms with E-state index in [9.17, 15) is 18.0 Å². The van der Waals surface area contributed by atoms with Crippen LogP contribution in [0.5, 0.6) is 5.88 Å². The van der Waals surface area contributed by atoms with E-state index in [1.165, 1.54) is 38.7 Å². The summed E-state index contributed by atoms with van der Waals surface area (Å²) < 4.78 is 46.1. The van der Waals surface area contributed by atoms with E-state index in [1.54, 1.807) is 63.8 Å². The van der Waals surface area contributed by atoms with E-state index in [1.807, 2.05) is 0 Å². The Kier molecular flexibility index (Phi) is 8.94. The van der Waals surface area contributed by atoms with Crippen LogP contribution >= 0.6 is 32.9 Å². The average molecular weight is 782 g/mol. The minimum atomic E-state index is -4.20. The maximum absolute atomic E-state index is 14.4. The van der Waals surface area contributed by atoms with Gasteiger partial charge in [-0.3, -0.25) is 13.8 Å². The fraction of sp³-hybridized carbons (Fsp3) is 0.400. The maximum Gasteiger partial charge on any atom is 0.407 e. The number of methoxy groups -OCH3 is 1. The highest BCUT2D eigenvalue weighted by molar-refractivity contribution is 9.10. The lowest BCUT2D eigenvalue weighted by molar-refractivity contribution is 0.0504. The lowest BCUT2D eigenvalue weighted by Gasteiger charge is -2.22. The number of aryl methyl sites for hydroxylation is 2. The lowest BCUT2D eigenvalue weighted by atomic mass is 10.2. The van der Waals surface area contributed by atoms with E-state index in [2.05, 4.69) is 31.3 Å². The van der Waals surface area contributed by atoms with E-state index in [-0.39, 0.29) is 56.9 Å². The molecular weight excluding hydrogens is 746 g/mol. The predicted octanol–water partition coefficient (Wildman–Crippen LogP) is 5.29. The van der Waals surface area contributed by atoms with Gasteiger partial charge in [-0.25, -0.2) is 27.0 Å². The number of imidazole rings is 1. The van der Waals surface area contributed by atoms with Crippen LogP contribution < -0.4 is 15.7 Å². The fourth-order valence-corrected chi connectivity index (χ4v) is 8.46. The lowest BCUT2D eigenvalue weighted by Crippen LogP contribution is -2.38. The van der Waals surface area contributed by atoms with E-state index in [4.69, 9.17) is 9.47 Å². The summed E-state index contributed by atoms with van der Waals surface area (Å²) in [5.41, 5.74) is 0.987. The molecule has 1 amide bonds. The number of fused-ring (bicyclic) bond motifs is 3. The Balaban J connectivity index is 0.00000417. The second-order valence-electron chi connectivity index (χ2n) is 12.2. The number of pyridine rings is 1. The zero-order chi connectivity index (χ0) is 32.4. The number of carbonyl (C=O) groups is 1. The van der Waals surface area contributed by atoms with Crippen molar-refractivity contribution in [2.24, 2.45) is 14.1 Å². The molecule has 5 aromatic rings. The predicted molar refractivity (Wildman–Crippen MR) is 182 cm³/mol. The normalized spacial score (nSPS) is 16.9. The molecule has 0 radical (unpaired) electrons. The number of amides is 1. The highest BCUT2D eigenvalue weighted by atomic mass is 79.9. The van der Waals surface area contributed by atoms with Crippen molar-refractivity contribution in [2.75, 3.05) is 7.11 Å². The van der Waals surface area contributed by atoms with Crippen molar-refractivity contribution in [1.82, 2.24) is 33.2 Å². The first-order valence-electron chi connectivity index (χ1n) is 14.4. The first kappa shape index (κ1) is 33.7. The highest BCUT2D eigenvalue weighted by Crippen LogP contribution is 2.45.